The van der Waals surface area contributed by atoms with Crippen molar-refractivity contribution in [1.82, 2.24) is 4.31 Å². The molecule has 102 valence electrons. The number of nitro benzene ring substituents is 1. The molecule has 0 radical (unpaired) electrons. The average Bonchev–Trinajstić information content (AvgIpc) is 2.35. The summed E-state index contributed by atoms with van der Waals surface area (Å²) < 4.78 is 25.6. The van der Waals surface area contributed by atoms with E-state index in [1.54, 1.807) is 19.9 Å². The molecule has 0 aliphatic carbocycles. The number of nitriles is 1. The van der Waals surface area contributed by atoms with Gasteiger partial charge in [0.05, 0.1) is 15.9 Å². The minimum absolute atomic E-state index is 0.123. The molecule has 0 spiro atoms. The molecular weight excluding hydrogens is 270 g/mol. The summed E-state index contributed by atoms with van der Waals surface area (Å²) in [6.07, 6.45) is 0. The van der Waals surface area contributed by atoms with Crippen LogP contribution in [-0.4, -0.2) is 30.7 Å². The minimum Gasteiger partial charge on any atom is -0.258 e. The molecule has 0 aromatic heterocycles. The first-order valence-corrected chi connectivity index (χ1v) is 6.90. The Morgan fingerprint density at radius 1 is 1.47 bits per heavy atom. The summed E-state index contributed by atoms with van der Waals surface area (Å²) in [5, 5.41) is 19.3. The van der Waals surface area contributed by atoms with Gasteiger partial charge in [-0.15, -0.1) is 0 Å². The smallest absolute Gasteiger partial charge is 0.258 e. The third-order valence-electron chi connectivity index (χ3n) is 2.60. The predicted molar refractivity (Wildman–Crippen MR) is 67.9 cm³/mol. The molecule has 0 bridgehead atoms. The van der Waals surface area contributed by atoms with Crippen molar-refractivity contribution in [2.24, 2.45) is 0 Å². The molecule has 0 heterocycles. The zero-order chi connectivity index (χ0) is 14.6. The summed E-state index contributed by atoms with van der Waals surface area (Å²) >= 11 is 0. The monoisotopic (exact) mass is 283 g/mol. The first-order valence-electron chi connectivity index (χ1n) is 5.46. The lowest BCUT2D eigenvalue weighted by Gasteiger charge is -2.18. The van der Waals surface area contributed by atoms with E-state index < -0.39 is 14.9 Å². The lowest BCUT2D eigenvalue weighted by atomic mass is 10.2. The highest BCUT2D eigenvalue weighted by atomic mass is 32.2. The summed E-state index contributed by atoms with van der Waals surface area (Å²) in [6, 6.07) is 5.41. The number of benzene rings is 1. The van der Waals surface area contributed by atoms with Crippen molar-refractivity contribution in [2.75, 3.05) is 13.1 Å². The molecule has 0 amide bonds. The van der Waals surface area contributed by atoms with E-state index in [0.717, 1.165) is 10.4 Å². The van der Waals surface area contributed by atoms with E-state index in [4.69, 9.17) is 5.26 Å². The maximum Gasteiger partial charge on any atom is 0.270 e. The molecule has 0 saturated heterocycles. The maximum atomic E-state index is 12.3. The fraction of sp³-hybridized carbons (Fsp3) is 0.364. The van der Waals surface area contributed by atoms with Crippen molar-refractivity contribution in [2.45, 2.75) is 18.7 Å². The summed E-state index contributed by atoms with van der Waals surface area (Å²) in [6.45, 7) is 2.98. The number of non-ortho nitro benzene ring substituents is 1. The van der Waals surface area contributed by atoms with Gasteiger partial charge in [0, 0.05) is 18.7 Å². The lowest BCUT2D eigenvalue weighted by Crippen LogP contribution is -2.31. The van der Waals surface area contributed by atoms with Crippen molar-refractivity contribution >= 4 is 15.7 Å². The Kier molecular flexibility index (Phi) is 4.58. The fourth-order valence-corrected chi connectivity index (χ4v) is 3.16. The number of hydrogen-bond donors (Lipinski definition) is 0. The van der Waals surface area contributed by atoms with Crippen molar-refractivity contribution in [3.8, 4) is 6.07 Å². The average molecular weight is 283 g/mol. The second kappa shape index (κ2) is 5.77. The van der Waals surface area contributed by atoms with Gasteiger partial charge in [-0.1, -0.05) is 13.0 Å². The van der Waals surface area contributed by atoms with Gasteiger partial charge in [0.2, 0.25) is 10.0 Å². The minimum atomic E-state index is -3.89. The highest BCUT2D eigenvalue weighted by Crippen LogP contribution is 2.24. The second-order valence-electron chi connectivity index (χ2n) is 3.80. The number of nitrogens with zero attached hydrogens (tertiary/aromatic N) is 3. The van der Waals surface area contributed by atoms with Crippen LogP contribution in [0.3, 0.4) is 0 Å². The quantitative estimate of drug-likeness (QED) is 0.462. The van der Waals surface area contributed by atoms with Crippen LogP contribution in [0.1, 0.15) is 12.5 Å². The van der Waals surface area contributed by atoms with Crippen LogP contribution in [0.2, 0.25) is 0 Å². The number of hydrogen-bond acceptors (Lipinski definition) is 5. The van der Waals surface area contributed by atoms with E-state index in [1.807, 2.05) is 0 Å². The van der Waals surface area contributed by atoms with Gasteiger partial charge in [-0.2, -0.15) is 9.57 Å². The fourth-order valence-electron chi connectivity index (χ4n) is 1.56. The maximum absolute atomic E-state index is 12.3. The first kappa shape index (κ1) is 15.1. The van der Waals surface area contributed by atoms with E-state index in [2.05, 4.69) is 0 Å². The molecule has 0 unspecified atom stereocenters. The molecule has 0 atom stereocenters. The molecule has 0 saturated carbocycles. The molecule has 7 nitrogen and oxygen atoms in total. The number of aryl methyl sites for hydroxylation is 1. The van der Waals surface area contributed by atoms with Gasteiger partial charge < -0.3 is 0 Å². The van der Waals surface area contributed by atoms with E-state index >= 15 is 0 Å². The first-order chi connectivity index (χ1) is 8.84. The van der Waals surface area contributed by atoms with Crippen LogP contribution >= 0.6 is 0 Å². The number of rotatable bonds is 5. The summed E-state index contributed by atoms with van der Waals surface area (Å²) in [7, 11) is -3.89. The normalized spacial score (nSPS) is 11.3. The topological polar surface area (TPSA) is 104 Å². The van der Waals surface area contributed by atoms with Crippen molar-refractivity contribution in [3.05, 3.63) is 33.9 Å². The third-order valence-corrected chi connectivity index (χ3v) is 4.66. The van der Waals surface area contributed by atoms with Gasteiger partial charge in [-0.25, -0.2) is 8.42 Å². The zero-order valence-corrected chi connectivity index (χ0v) is 11.3. The van der Waals surface area contributed by atoms with Crippen LogP contribution in [-0.2, 0) is 10.0 Å². The molecule has 0 fully saturated rings. The van der Waals surface area contributed by atoms with Gasteiger partial charge in [0.15, 0.2) is 0 Å². The van der Waals surface area contributed by atoms with E-state index in [0.29, 0.717) is 5.56 Å². The predicted octanol–water partition coefficient (Wildman–Crippen LogP) is 1.44. The van der Waals surface area contributed by atoms with Crippen LogP contribution in [0, 0.1) is 28.4 Å². The summed E-state index contributed by atoms with van der Waals surface area (Å²) in [5.41, 5.74) is 0.110. The Bertz CT molecular complexity index is 634. The third kappa shape index (κ3) is 3.07. The van der Waals surface area contributed by atoms with E-state index in [9.17, 15) is 18.5 Å². The van der Waals surface area contributed by atoms with E-state index in [1.165, 1.54) is 12.1 Å². The van der Waals surface area contributed by atoms with Gasteiger partial charge >= 0.3 is 0 Å². The number of sulfonamides is 1. The van der Waals surface area contributed by atoms with Crippen LogP contribution in [0.15, 0.2) is 23.1 Å². The largest absolute Gasteiger partial charge is 0.270 e. The van der Waals surface area contributed by atoms with Crippen molar-refractivity contribution in [1.29, 1.82) is 5.26 Å². The van der Waals surface area contributed by atoms with Crippen molar-refractivity contribution < 1.29 is 13.3 Å². The lowest BCUT2D eigenvalue weighted by molar-refractivity contribution is -0.385. The Balaban J connectivity index is 3.39. The van der Waals surface area contributed by atoms with Gasteiger partial charge in [-0.3, -0.25) is 10.1 Å². The Morgan fingerprint density at radius 2 is 2.11 bits per heavy atom. The van der Waals surface area contributed by atoms with Crippen molar-refractivity contribution in [3.63, 3.8) is 0 Å². The van der Waals surface area contributed by atoms with Crippen LogP contribution < -0.4 is 0 Å². The van der Waals surface area contributed by atoms with Gasteiger partial charge in [0.25, 0.3) is 5.69 Å². The van der Waals surface area contributed by atoms with Gasteiger partial charge in [0.1, 0.15) is 6.54 Å². The van der Waals surface area contributed by atoms with E-state index in [-0.39, 0.29) is 23.7 Å². The Labute approximate surface area is 111 Å². The number of nitro groups is 1. The molecule has 0 aliphatic heterocycles. The molecule has 19 heavy (non-hydrogen) atoms. The summed E-state index contributed by atoms with van der Waals surface area (Å²) in [5.74, 6) is 0. The van der Waals surface area contributed by atoms with Crippen LogP contribution in [0.4, 0.5) is 5.69 Å². The standard InChI is InChI=1S/C11H13N3O4S/c1-3-13(7-6-12)19(17,18)11-8-10(14(15)16)5-4-9(11)2/h4-5,8H,3,7H2,1-2H3. The molecular formula is C11H13N3O4S. The molecule has 1 aromatic carbocycles. The molecule has 1 aromatic rings. The van der Waals surface area contributed by atoms with Crippen LogP contribution in [0.5, 0.6) is 0 Å². The van der Waals surface area contributed by atoms with Crippen LogP contribution in [0.25, 0.3) is 0 Å². The SMILES string of the molecule is CCN(CC#N)S(=O)(=O)c1cc([N+](=O)[O-])ccc1C. The Hall–Kier alpha value is -1.98. The highest BCUT2D eigenvalue weighted by Gasteiger charge is 2.26. The summed E-state index contributed by atoms with van der Waals surface area (Å²) in [4.78, 5) is 9.91. The molecule has 0 aliphatic rings. The molecule has 0 N–H and O–H groups in total. The molecule has 8 heteroatoms. The van der Waals surface area contributed by atoms with Gasteiger partial charge in [-0.05, 0) is 12.5 Å². The zero-order valence-electron chi connectivity index (χ0n) is 10.5. The second-order valence-corrected chi connectivity index (χ2v) is 5.70. The highest BCUT2D eigenvalue weighted by molar-refractivity contribution is 7.89. The Morgan fingerprint density at radius 3 is 2.58 bits per heavy atom. The molecule has 1 rings (SSSR count).